The molecule has 2 amide bonds. The molecule has 2 rings (SSSR count). The van der Waals surface area contributed by atoms with Crippen LogP contribution in [0.15, 0.2) is 48.4 Å². The Balaban J connectivity index is 2.17. The molecule has 0 radical (unpaired) electrons. The van der Waals surface area contributed by atoms with E-state index in [4.69, 9.17) is 22.1 Å². The molecule has 1 unspecified atom stereocenters. The number of nitrogens with two attached hydrogens (primary N) is 1. The predicted octanol–water partition coefficient (Wildman–Crippen LogP) is 4.32. The quantitative estimate of drug-likeness (QED) is 0.462. The molecule has 1 saturated heterocycles. The molecule has 8 nitrogen and oxygen atoms in total. The van der Waals surface area contributed by atoms with Crippen molar-refractivity contribution in [1.82, 2.24) is 20.4 Å². The molecule has 0 bridgehead atoms. The number of carbonyl (C=O) groups is 2. The normalized spacial score (nSPS) is 17.6. The van der Waals surface area contributed by atoms with Crippen LogP contribution in [0.25, 0.3) is 0 Å². The van der Waals surface area contributed by atoms with Crippen molar-refractivity contribution in [1.29, 1.82) is 0 Å². The zero-order valence-electron chi connectivity index (χ0n) is 21.4. The Labute approximate surface area is 214 Å². The van der Waals surface area contributed by atoms with Crippen LogP contribution in [-0.4, -0.2) is 53.2 Å². The lowest BCUT2D eigenvalue weighted by molar-refractivity contribution is -0.119. The molecule has 1 aromatic carbocycles. The molecule has 1 heterocycles. The average Bonchev–Trinajstić information content (AvgIpc) is 3.00. The van der Waals surface area contributed by atoms with E-state index in [-0.39, 0.29) is 18.4 Å². The first-order chi connectivity index (χ1) is 16.6. The van der Waals surface area contributed by atoms with E-state index in [0.717, 1.165) is 31.4 Å². The number of allylic oxidation sites excluding steroid dienone is 1. The van der Waals surface area contributed by atoms with Gasteiger partial charge in [-0.05, 0) is 64.9 Å². The molecule has 1 fully saturated rings. The summed E-state index contributed by atoms with van der Waals surface area (Å²) < 4.78 is 5.45. The van der Waals surface area contributed by atoms with Crippen molar-refractivity contribution in [3.8, 4) is 0 Å². The number of halogens is 1. The van der Waals surface area contributed by atoms with Gasteiger partial charge in [-0.1, -0.05) is 42.3 Å². The number of rotatable bonds is 9. The molecule has 0 spiro atoms. The SMILES string of the molecule is C/C=C\NC(=O)C/C(=C/N)N(Cc1ccccc1Cl)CN1CCCCC(NC(=O)OC(C)(C)C)C1. The van der Waals surface area contributed by atoms with Crippen LogP contribution in [0.4, 0.5) is 4.79 Å². The van der Waals surface area contributed by atoms with E-state index in [2.05, 4.69) is 20.4 Å². The first kappa shape index (κ1) is 28.5. The number of hydrogen-bond acceptors (Lipinski definition) is 6. The summed E-state index contributed by atoms with van der Waals surface area (Å²) in [6, 6.07) is 7.63. The second-order valence-electron chi connectivity index (χ2n) is 9.75. The summed E-state index contributed by atoms with van der Waals surface area (Å²) in [7, 11) is 0. The van der Waals surface area contributed by atoms with E-state index in [9.17, 15) is 9.59 Å². The summed E-state index contributed by atoms with van der Waals surface area (Å²) in [6.07, 6.45) is 7.49. The molecule has 194 valence electrons. The zero-order valence-corrected chi connectivity index (χ0v) is 22.1. The number of nitrogens with zero attached hydrogens (tertiary/aromatic N) is 2. The van der Waals surface area contributed by atoms with Crippen LogP contribution >= 0.6 is 11.6 Å². The topological polar surface area (TPSA) is 99.9 Å². The van der Waals surface area contributed by atoms with Crippen molar-refractivity contribution in [3.05, 3.63) is 59.0 Å². The molecule has 0 aliphatic carbocycles. The van der Waals surface area contributed by atoms with Crippen molar-refractivity contribution < 1.29 is 14.3 Å². The van der Waals surface area contributed by atoms with Crippen LogP contribution < -0.4 is 16.4 Å². The van der Waals surface area contributed by atoms with Gasteiger partial charge >= 0.3 is 6.09 Å². The maximum Gasteiger partial charge on any atom is 0.407 e. The van der Waals surface area contributed by atoms with E-state index >= 15 is 0 Å². The molecule has 0 saturated carbocycles. The fourth-order valence-electron chi connectivity index (χ4n) is 3.92. The van der Waals surface area contributed by atoms with Crippen LogP contribution in [0, 0.1) is 0 Å². The summed E-state index contributed by atoms with van der Waals surface area (Å²) in [5.74, 6) is -0.149. The summed E-state index contributed by atoms with van der Waals surface area (Å²) in [5.41, 5.74) is 7.10. The lowest BCUT2D eigenvalue weighted by atomic mass is 10.1. The molecule has 9 heteroatoms. The number of amides is 2. The van der Waals surface area contributed by atoms with Crippen molar-refractivity contribution in [2.45, 2.75) is 71.6 Å². The summed E-state index contributed by atoms with van der Waals surface area (Å²) in [4.78, 5) is 29.2. The number of ether oxygens (including phenoxy) is 1. The largest absolute Gasteiger partial charge is 0.444 e. The Bertz CT molecular complexity index is 897. The highest BCUT2D eigenvalue weighted by Gasteiger charge is 2.25. The standard InChI is InChI=1S/C26H40ClN5O3/c1-5-13-29-24(33)15-22(16-28)32(17-20-10-6-7-12-23(20)27)19-31-14-9-8-11-21(18-31)30-25(34)35-26(2,3)4/h5-7,10,12-13,16,21H,8-9,11,14-15,17-19,28H2,1-4H3,(H,29,33)(H,30,34)/b13-5-,22-16-. The monoisotopic (exact) mass is 505 g/mol. The van der Waals surface area contributed by atoms with E-state index in [1.165, 1.54) is 6.20 Å². The lowest BCUT2D eigenvalue weighted by Gasteiger charge is -2.34. The van der Waals surface area contributed by atoms with Gasteiger partial charge < -0.3 is 26.0 Å². The first-order valence-corrected chi connectivity index (χ1v) is 12.5. The van der Waals surface area contributed by atoms with E-state index in [1.54, 1.807) is 12.3 Å². The van der Waals surface area contributed by atoms with Crippen LogP contribution in [0.1, 0.15) is 58.9 Å². The summed E-state index contributed by atoms with van der Waals surface area (Å²) in [5, 5.41) is 6.43. The fraction of sp³-hybridized carbons (Fsp3) is 0.538. The number of benzene rings is 1. The highest BCUT2D eigenvalue weighted by atomic mass is 35.5. The van der Waals surface area contributed by atoms with E-state index in [1.807, 2.05) is 52.0 Å². The Morgan fingerprint density at radius 3 is 2.69 bits per heavy atom. The summed E-state index contributed by atoms with van der Waals surface area (Å²) >= 11 is 6.45. The number of alkyl carbamates (subject to hydrolysis) is 1. The third kappa shape index (κ3) is 10.6. The molecule has 1 aromatic rings. The number of likely N-dealkylation sites (tertiary alicyclic amines) is 1. The maximum absolute atomic E-state index is 12.4. The first-order valence-electron chi connectivity index (χ1n) is 12.1. The number of carbonyl (C=O) groups excluding carboxylic acids is 2. The molecule has 35 heavy (non-hydrogen) atoms. The molecule has 0 aromatic heterocycles. The van der Waals surface area contributed by atoms with E-state index in [0.29, 0.717) is 30.5 Å². The second kappa shape index (κ2) is 14.0. The molecule has 1 aliphatic rings. The van der Waals surface area contributed by atoms with Gasteiger partial charge in [0.25, 0.3) is 0 Å². The predicted molar refractivity (Wildman–Crippen MR) is 140 cm³/mol. The van der Waals surface area contributed by atoms with Crippen molar-refractivity contribution in [2.75, 3.05) is 19.8 Å². The Hall–Kier alpha value is -2.71. The average molecular weight is 506 g/mol. The lowest BCUT2D eigenvalue weighted by Crippen LogP contribution is -2.47. The molecular formula is C26H40ClN5O3. The minimum absolute atomic E-state index is 0.0298. The van der Waals surface area contributed by atoms with Gasteiger partial charge in [-0.3, -0.25) is 9.69 Å². The van der Waals surface area contributed by atoms with E-state index < -0.39 is 11.7 Å². The van der Waals surface area contributed by atoms with Crippen LogP contribution in [0.5, 0.6) is 0 Å². The molecule has 1 aliphatic heterocycles. The van der Waals surface area contributed by atoms with Crippen molar-refractivity contribution in [3.63, 3.8) is 0 Å². The second-order valence-corrected chi connectivity index (χ2v) is 10.2. The van der Waals surface area contributed by atoms with Gasteiger partial charge in [0.05, 0.1) is 13.1 Å². The van der Waals surface area contributed by atoms with Crippen LogP contribution in [0.3, 0.4) is 0 Å². The smallest absolute Gasteiger partial charge is 0.407 e. The van der Waals surface area contributed by atoms with Crippen molar-refractivity contribution >= 4 is 23.6 Å². The Morgan fingerprint density at radius 2 is 2.03 bits per heavy atom. The minimum atomic E-state index is -0.547. The zero-order chi connectivity index (χ0) is 25.8. The van der Waals surface area contributed by atoms with Gasteiger partial charge in [0.2, 0.25) is 5.91 Å². The van der Waals surface area contributed by atoms with Gasteiger partial charge in [-0.2, -0.15) is 0 Å². The third-order valence-corrected chi connectivity index (χ3v) is 5.89. The maximum atomic E-state index is 12.4. The molecule has 4 N–H and O–H groups in total. The number of hydrogen-bond donors (Lipinski definition) is 3. The Morgan fingerprint density at radius 1 is 1.29 bits per heavy atom. The van der Waals surface area contributed by atoms with Gasteiger partial charge in [0, 0.05) is 36.1 Å². The van der Waals surface area contributed by atoms with Gasteiger partial charge in [0.1, 0.15) is 5.60 Å². The fourth-order valence-corrected chi connectivity index (χ4v) is 4.12. The highest BCUT2D eigenvalue weighted by molar-refractivity contribution is 6.31. The Kier molecular flexibility index (Phi) is 11.4. The van der Waals surface area contributed by atoms with Gasteiger partial charge in [0.15, 0.2) is 0 Å². The molecule has 1 atom stereocenters. The van der Waals surface area contributed by atoms with Crippen LogP contribution in [-0.2, 0) is 16.1 Å². The van der Waals surface area contributed by atoms with Crippen LogP contribution in [0.2, 0.25) is 5.02 Å². The summed E-state index contributed by atoms with van der Waals surface area (Å²) in [6.45, 7) is 9.97. The molecular weight excluding hydrogens is 466 g/mol. The van der Waals surface area contributed by atoms with Gasteiger partial charge in [-0.15, -0.1) is 0 Å². The van der Waals surface area contributed by atoms with Crippen molar-refractivity contribution in [2.24, 2.45) is 5.73 Å². The highest BCUT2D eigenvalue weighted by Crippen LogP contribution is 2.22. The third-order valence-electron chi connectivity index (χ3n) is 5.52. The minimum Gasteiger partial charge on any atom is -0.444 e. The number of nitrogens with one attached hydrogen (secondary N) is 2. The van der Waals surface area contributed by atoms with Gasteiger partial charge in [-0.25, -0.2) is 4.79 Å².